The zero-order valence-corrected chi connectivity index (χ0v) is 21.0. The quantitative estimate of drug-likeness (QED) is 0.413. The number of carbonyl (C=O) groups excluding carboxylic acids is 2. The highest BCUT2D eigenvalue weighted by Gasteiger charge is 2.28. The molecule has 2 amide bonds. The van der Waals surface area contributed by atoms with Gasteiger partial charge in [0.1, 0.15) is 11.8 Å². The van der Waals surface area contributed by atoms with Gasteiger partial charge in [0, 0.05) is 25.6 Å². The van der Waals surface area contributed by atoms with Crippen molar-refractivity contribution in [3.63, 3.8) is 0 Å². The standard InChI is InChI=1S/C26H33N3O5S/c1-4-17-27-26(31)19(2)29(18-21-5-12-23(34-3)13-6-21)25(30)16-9-20-7-14-24(15-8-20)35(32,33)28-22-10-11-22/h4-8,12-15,19,22,28H,1,9-11,16-18H2,2-3H3,(H,27,31)/t19-/m0/s1. The topological polar surface area (TPSA) is 105 Å². The summed E-state index contributed by atoms with van der Waals surface area (Å²) in [6.45, 7) is 5.90. The van der Waals surface area contributed by atoms with Crippen molar-refractivity contribution in [3.05, 3.63) is 72.3 Å². The molecule has 0 aliphatic heterocycles. The van der Waals surface area contributed by atoms with E-state index in [1.807, 2.05) is 24.3 Å². The monoisotopic (exact) mass is 499 g/mol. The number of nitrogens with one attached hydrogen (secondary N) is 2. The Hall–Kier alpha value is -3.17. The molecule has 1 aliphatic carbocycles. The van der Waals surface area contributed by atoms with Crippen LogP contribution in [0.4, 0.5) is 0 Å². The van der Waals surface area contributed by atoms with Gasteiger partial charge in [0.05, 0.1) is 12.0 Å². The van der Waals surface area contributed by atoms with Gasteiger partial charge in [-0.2, -0.15) is 0 Å². The summed E-state index contributed by atoms with van der Waals surface area (Å²) in [5.41, 5.74) is 1.72. The van der Waals surface area contributed by atoms with Crippen LogP contribution in [0.1, 0.15) is 37.3 Å². The fourth-order valence-corrected chi connectivity index (χ4v) is 4.85. The second kappa shape index (κ2) is 12.0. The number of hydrogen-bond acceptors (Lipinski definition) is 5. The van der Waals surface area contributed by atoms with Crippen LogP contribution in [0.2, 0.25) is 0 Å². The van der Waals surface area contributed by atoms with Crippen molar-refractivity contribution >= 4 is 21.8 Å². The molecule has 0 saturated heterocycles. The van der Waals surface area contributed by atoms with Crippen LogP contribution in [0.5, 0.6) is 5.75 Å². The fourth-order valence-electron chi connectivity index (χ4n) is 3.55. The van der Waals surface area contributed by atoms with Gasteiger partial charge in [-0.15, -0.1) is 6.58 Å². The molecule has 2 aromatic carbocycles. The van der Waals surface area contributed by atoms with Crippen molar-refractivity contribution in [2.45, 2.75) is 56.1 Å². The Kier molecular flexibility index (Phi) is 9.06. The van der Waals surface area contributed by atoms with Gasteiger partial charge in [0.25, 0.3) is 0 Å². The normalized spacial score (nSPS) is 14.1. The summed E-state index contributed by atoms with van der Waals surface area (Å²) >= 11 is 0. The Morgan fingerprint density at radius 2 is 1.74 bits per heavy atom. The number of hydrogen-bond donors (Lipinski definition) is 2. The number of benzene rings is 2. The van der Waals surface area contributed by atoms with E-state index >= 15 is 0 Å². The highest BCUT2D eigenvalue weighted by Crippen LogP contribution is 2.22. The molecule has 1 fully saturated rings. The summed E-state index contributed by atoms with van der Waals surface area (Å²) in [5, 5.41) is 2.75. The second-order valence-corrected chi connectivity index (χ2v) is 10.3. The lowest BCUT2D eigenvalue weighted by Crippen LogP contribution is -2.47. The van der Waals surface area contributed by atoms with Gasteiger partial charge in [0.15, 0.2) is 0 Å². The maximum absolute atomic E-state index is 13.2. The molecule has 1 aliphatic rings. The van der Waals surface area contributed by atoms with E-state index in [0.717, 1.165) is 24.0 Å². The van der Waals surface area contributed by atoms with Crippen molar-refractivity contribution in [2.75, 3.05) is 13.7 Å². The number of amides is 2. The van der Waals surface area contributed by atoms with Crippen LogP contribution in [-0.2, 0) is 32.6 Å². The fraction of sp³-hybridized carbons (Fsp3) is 0.385. The maximum Gasteiger partial charge on any atom is 0.242 e. The lowest BCUT2D eigenvalue weighted by Gasteiger charge is -2.29. The van der Waals surface area contributed by atoms with Gasteiger partial charge in [-0.1, -0.05) is 30.3 Å². The molecule has 1 saturated carbocycles. The number of rotatable bonds is 13. The third-order valence-electron chi connectivity index (χ3n) is 5.86. The first-order chi connectivity index (χ1) is 16.7. The van der Waals surface area contributed by atoms with Crippen molar-refractivity contribution in [3.8, 4) is 5.75 Å². The molecule has 0 unspecified atom stereocenters. The molecule has 1 atom stereocenters. The van der Waals surface area contributed by atoms with E-state index in [0.29, 0.717) is 18.7 Å². The highest BCUT2D eigenvalue weighted by atomic mass is 32.2. The summed E-state index contributed by atoms with van der Waals surface area (Å²) in [5.74, 6) is 0.278. The van der Waals surface area contributed by atoms with E-state index in [-0.39, 0.29) is 35.7 Å². The number of methoxy groups -OCH3 is 1. The number of carbonyl (C=O) groups is 2. The Morgan fingerprint density at radius 1 is 1.11 bits per heavy atom. The first-order valence-corrected chi connectivity index (χ1v) is 13.1. The van der Waals surface area contributed by atoms with Gasteiger partial charge in [0.2, 0.25) is 21.8 Å². The molecule has 0 spiro atoms. The molecule has 188 valence electrons. The first-order valence-electron chi connectivity index (χ1n) is 11.7. The second-order valence-electron chi connectivity index (χ2n) is 8.62. The van der Waals surface area contributed by atoms with Crippen molar-refractivity contribution < 1.29 is 22.7 Å². The lowest BCUT2D eigenvalue weighted by molar-refractivity contribution is -0.140. The predicted octanol–water partition coefficient (Wildman–Crippen LogP) is 2.79. The average Bonchev–Trinajstić information content (AvgIpc) is 3.67. The maximum atomic E-state index is 13.2. The van der Waals surface area contributed by atoms with Crippen LogP contribution >= 0.6 is 0 Å². The minimum atomic E-state index is -3.51. The number of sulfonamides is 1. The molecule has 2 aromatic rings. The molecular weight excluding hydrogens is 466 g/mol. The summed E-state index contributed by atoms with van der Waals surface area (Å²) in [6, 6.07) is 13.3. The van der Waals surface area contributed by atoms with E-state index in [2.05, 4.69) is 16.6 Å². The van der Waals surface area contributed by atoms with Crippen LogP contribution in [0.3, 0.4) is 0 Å². The van der Waals surface area contributed by atoms with Crippen molar-refractivity contribution in [1.82, 2.24) is 14.9 Å². The van der Waals surface area contributed by atoms with E-state index < -0.39 is 16.1 Å². The number of ether oxygens (including phenoxy) is 1. The zero-order valence-electron chi connectivity index (χ0n) is 20.2. The van der Waals surface area contributed by atoms with Gasteiger partial charge >= 0.3 is 0 Å². The minimum absolute atomic E-state index is 0.0413. The Bertz CT molecular complexity index is 1130. The Balaban J connectivity index is 1.67. The van der Waals surface area contributed by atoms with Crippen LogP contribution in [-0.4, -0.2) is 50.9 Å². The molecule has 0 bridgehead atoms. The molecule has 8 nitrogen and oxygen atoms in total. The van der Waals surface area contributed by atoms with Crippen LogP contribution in [0, 0.1) is 0 Å². The molecule has 0 heterocycles. The molecule has 9 heteroatoms. The smallest absolute Gasteiger partial charge is 0.242 e. The molecular formula is C26H33N3O5S. The van der Waals surface area contributed by atoms with E-state index in [9.17, 15) is 18.0 Å². The van der Waals surface area contributed by atoms with E-state index in [1.165, 1.54) is 0 Å². The Labute approximate surface area is 207 Å². The third-order valence-corrected chi connectivity index (χ3v) is 7.40. The molecule has 3 rings (SSSR count). The van der Waals surface area contributed by atoms with Crippen LogP contribution in [0.25, 0.3) is 0 Å². The van der Waals surface area contributed by atoms with Crippen molar-refractivity contribution in [2.24, 2.45) is 0 Å². The number of aryl methyl sites for hydroxylation is 1. The van der Waals surface area contributed by atoms with Crippen LogP contribution < -0.4 is 14.8 Å². The Morgan fingerprint density at radius 3 is 2.31 bits per heavy atom. The van der Waals surface area contributed by atoms with Crippen molar-refractivity contribution in [1.29, 1.82) is 0 Å². The van der Waals surface area contributed by atoms with Gasteiger partial charge in [-0.25, -0.2) is 13.1 Å². The van der Waals surface area contributed by atoms with Crippen LogP contribution in [0.15, 0.2) is 66.1 Å². The van der Waals surface area contributed by atoms with Gasteiger partial charge in [-0.3, -0.25) is 9.59 Å². The van der Waals surface area contributed by atoms with Gasteiger partial charge in [-0.05, 0) is 61.6 Å². The summed E-state index contributed by atoms with van der Waals surface area (Å²) in [4.78, 5) is 27.6. The minimum Gasteiger partial charge on any atom is -0.497 e. The summed E-state index contributed by atoms with van der Waals surface area (Å²) in [7, 11) is -1.93. The third kappa shape index (κ3) is 7.66. The zero-order chi connectivity index (χ0) is 25.4. The predicted molar refractivity (Wildman–Crippen MR) is 134 cm³/mol. The van der Waals surface area contributed by atoms with Gasteiger partial charge < -0.3 is 15.0 Å². The lowest BCUT2D eigenvalue weighted by atomic mass is 10.1. The molecule has 0 aromatic heterocycles. The molecule has 0 radical (unpaired) electrons. The summed E-state index contributed by atoms with van der Waals surface area (Å²) < 4.78 is 32.6. The number of nitrogens with zero attached hydrogens (tertiary/aromatic N) is 1. The highest BCUT2D eigenvalue weighted by molar-refractivity contribution is 7.89. The largest absolute Gasteiger partial charge is 0.497 e. The first kappa shape index (κ1) is 26.4. The summed E-state index contributed by atoms with van der Waals surface area (Å²) in [6.07, 6.45) is 3.94. The van der Waals surface area contributed by atoms with E-state index in [1.54, 1.807) is 49.3 Å². The SMILES string of the molecule is C=CCNC(=O)[C@H](C)N(Cc1ccc(OC)cc1)C(=O)CCc1ccc(S(=O)(=O)NC2CC2)cc1. The van der Waals surface area contributed by atoms with E-state index in [4.69, 9.17) is 4.74 Å². The average molecular weight is 500 g/mol. The molecule has 2 N–H and O–H groups in total. The molecule has 35 heavy (non-hydrogen) atoms.